The summed E-state index contributed by atoms with van der Waals surface area (Å²) in [4.78, 5) is 6.60. The smallest absolute Gasteiger partial charge is 0.298 e. The van der Waals surface area contributed by atoms with Crippen LogP contribution < -0.4 is 10.2 Å². The Hall–Kier alpha value is -1.55. The van der Waals surface area contributed by atoms with Gasteiger partial charge in [0, 0.05) is 26.2 Å². The fourth-order valence-electron chi connectivity index (χ4n) is 1.79. The van der Waals surface area contributed by atoms with Gasteiger partial charge in [-0.1, -0.05) is 12.1 Å². The maximum absolute atomic E-state index is 5.68. The van der Waals surface area contributed by atoms with Gasteiger partial charge in [-0.25, -0.2) is 5.32 Å². The highest BCUT2D eigenvalue weighted by Crippen LogP contribution is 2.21. The van der Waals surface area contributed by atoms with E-state index in [0.29, 0.717) is 0 Å². The normalized spacial score (nSPS) is 17.2. The van der Waals surface area contributed by atoms with E-state index in [-0.39, 0.29) is 0 Å². The molecule has 3 rings (SSSR count). The van der Waals surface area contributed by atoms with Crippen molar-refractivity contribution in [2.24, 2.45) is 0 Å². The van der Waals surface area contributed by atoms with Crippen LogP contribution in [0.2, 0.25) is 0 Å². The Morgan fingerprint density at radius 3 is 2.73 bits per heavy atom. The Morgan fingerprint density at radius 2 is 1.93 bits per heavy atom. The lowest BCUT2D eigenvalue weighted by Gasteiger charge is -2.24. The van der Waals surface area contributed by atoms with Crippen molar-refractivity contribution >= 4 is 17.1 Å². The number of hydrogen-bond acceptors (Lipinski definition) is 3. The van der Waals surface area contributed by atoms with Gasteiger partial charge < -0.3 is 9.32 Å². The lowest BCUT2D eigenvalue weighted by atomic mass is 10.3. The van der Waals surface area contributed by atoms with Crippen LogP contribution in [0.4, 0.5) is 6.01 Å². The van der Waals surface area contributed by atoms with E-state index in [0.717, 1.165) is 43.3 Å². The Balaban J connectivity index is 1.96. The second-order valence-corrected chi connectivity index (χ2v) is 3.62. The monoisotopic (exact) mass is 202 g/mol. The van der Waals surface area contributed by atoms with Gasteiger partial charge in [-0.15, -0.1) is 0 Å². The van der Waals surface area contributed by atoms with Crippen LogP contribution in [-0.4, -0.2) is 31.2 Å². The third-order valence-electron chi connectivity index (χ3n) is 2.61. The SMILES string of the molecule is c1ccc2oc(N3CC[N]CC3)nc2c1. The zero-order valence-electron chi connectivity index (χ0n) is 8.39. The number of nitrogens with zero attached hydrogens (tertiary/aromatic N) is 3. The first kappa shape index (κ1) is 8.73. The Morgan fingerprint density at radius 1 is 1.13 bits per heavy atom. The van der Waals surface area contributed by atoms with E-state index < -0.39 is 0 Å². The van der Waals surface area contributed by atoms with Crippen molar-refractivity contribution in [3.63, 3.8) is 0 Å². The molecule has 0 spiro atoms. The molecule has 2 heterocycles. The third-order valence-corrected chi connectivity index (χ3v) is 2.61. The number of rotatable bonds is 1. The number of fused-ring (bicyclic) bond motifs is 1. The van der Waals surface area contributed by atoms with Gasteiger partial charge in [0.15, 0.2) is 5.58 Å². The van der Waals surface area contributed by atoms with Crippen molar-refractivity contribution in [1.82, 2.24) is 10.3 Å². The van der Waals surface area contributed by atoms with Crippen LogP contribution in [-0.2, 0) is 0 Å². The second kappa shape index (κ2) is 3.55. The molecule has 4 heteroatoms. The van der Waals surface area contributed by atoms with Crippen molar-refractivity contribution in [2.45, 2.75) is 0 Å². The molecule has 1 radical (unpaired) electrons. The van der Waals surface area contributed by atoms with Crippen molar-refractivity contribution in [2.75, 3.05) is 31.1 Å². The van der Waals surface area contributed by atoms with Gasteiger partial charge in [-0.2, -0.15) is 4.98 Å². The molecule has 77 valence electrons. The first-order chi connectivity index (χ1) is 7.43. The maximum atomic E-state index is 5.68. The van der Waals surface area contributed by atoms with Crippen molar-refractivity contribution < 1.29 is 4.42 Å². The Labute approximate surface area is 87.9 Å². The van der Waals surface area contributed by atoms with Crippen LogP contribution in [0.15, 0.2) is 28.7 Å². The van der Waals surface area contributed by atoms with E-state index in [9.17, 15) is 0 Å². The largest absolute Gasteiger partial charge is 0.423 e. The summed E-state index contributed by atoms with van der Waals surface area (Å²) in [5, 5.41) is 4.30. The van der Waals surface area contributed by atoms with Gasteiger partial charge in [0.25, 0.3) is 6.01 Å². The summed E-state index contributed by atoms with van der Waals surface area (Å²) in [6.07, 6.45) is 0. The Bertz CT molecular complexity index is 427. The molecule has 1 aliphatic rings. The molecule has 1 aromatic heterocycles. The van der Waals surface area contributed by atoms with E-state index in [1.807, 2.05) is 24.3 Å². The molecule has 1 aromatic carbocycles. The van der Waals surface area contributed by atoms with E-state index >= 15 is 0 Å². The maximum Gasteiger partial charge on any atom is 0.298 e. The number of para-hydroxylation sites is 2. The van der Waals surface area contributed by atoms with Crippen LogP contribution in [0.5, 0.6) is 0 Å². The highest BCUT2D eigenvalue weighted by atomic mass is 16.4. The molecular formula is C11H12N3O. The van der Waals surface area contributed by atoms with Gasteiger partial charge >= 0.3 is 0 Å². The number of oxazole rings is 1. The molecule has 0 N–H and O–H groups in total. The molecular weight excluding hydrogens is 190 g/mol. The van der Waals surface area contributed by atoms with Crippen molar-refractivity contribution in [1.29, 1.82) is 0 Å². The van der Waals surface area contributed by atoms with Crippen LogP contribution in [0, 0.1) is 0 Å². The van der Waals surface area contributed by atoms with Crippen LogP contribution in [0.25, 0.3) is 11.1 Å². The van der Waals surface area contributed by atoms with Crippen LogP contribution >= 0.6 is 0 Å². The van der Waals surface area contributed by atoms with Gasteiger partial charge in [-0.3, -0.25) is 0 Å². The molecule has 0 saturated carbocycles. The lowest BCUT2D eigenvalue weighted by molar-refractivity contribution is 0.513. The van der Waals surface area contributed by atoms with Gasteiger partial charge in [-0.05, 0) is 12.1 Å². The van der Waals surface area contributed by atoms with E-state index in [2.05, 4.69) is 15.2 Å². The predicted molar refractivity (Wildman–Crippen MR) is 58.1 cm³/mol. The number of aromatic nitrogens is 1. The van der Waals surface area contributed by atoms with Crippen LogP contribution in [0.1, 0.15) is 0 Å². The highest BCUT2D eigenvalue weighted by Gasteiger charge is 2.16. The fraction of sp³-hybridized carbons (Fsp3) is 0.364. The van der Waals surface area contributed by atoms with Crippen LogP contribution in [0.3, 0.4) is 0 Å². The highest BCUT2D eigenvalue weighted by molar-refractivity contribution is 5.74. The summed E-state index contributed by atoms with van der Waals surface area (Å²) in [5.41, 5.74) is 1.78. The summed E-state index contributed by atoms with van der Waals surface area (Å²) in [5.74, 6) is 0. The summed E-state index contributed by atoms with van der Waals surface area (Å²) < 4.78 is 5.68. The molecule has 1 saturated heterocycles. The minimum Gasteiger partial charge on any atom is -0.423 e. The molecule has 15 heavy (non-hydrogen) atoms. The molecule has 2 aromatic rings. The Kier molecular flexibility index (Phi) is 2.07. The minimum absolute atomic E-state index is 0.728. The minimum atomic E-state index is 0.728. The third kappa shape index (κ3) is 1.57. The average Bonchev–Trinajstić information content (AvgIpc) is 2.74. The molecule has 0 atom stereocenters. The predicted octanol–water partition coefficient (Wildman–Crippen LogP) is 1.25. The van der Waals surface area contributed by atoms with Crippen molar-refractivity contribution in [3.8, 4) is 0 Å². The summed E-state index contributed by atoms with van der Waals surface area (Å²) >= 11 is 0. The summed E-state index contributed by atoms with van der Waals surface area (Å²) in [7, 11) is 0. The summed E-state index contributed by atoms with van der Waals surface area (Å²) in [6.45, 7) is 3.57. The molecule has 4 nitrogen and oxygen atoms in total. The first-order valence-corrected chi connectivity index (χ1v) is 5.17. The fourth-order valence-corrected chi connectivity index (χ4v) is 1.79. The molecule has 0 aliphatic carbocycles. The second-order valence-electron chi connectivity index (χ2n) is 3.62. The number of piperazine rings is 1. The average molecular weight is 202 g/mol. The van der Waals surface area contributed by atoms with Gasteiger partial charge in [0.1, 0.15) is 5.52 Å². The first-order valence-electron chi connectivity index (χ1n) is 5.17. The van der Waals surface area contributed by atoms with Gasteiger partial charge in [0.2, 0.25) is 0 Å². The van der Waals surface area contributed by atoms with Gasteiger partial charge in [0.05, 0.1) is 0 Å². The number of hydrogen-bond donors (Lipinski definition) is 0. The number of anilines is 1. The number of benzene rings is 1. The van der Waals surface area contributed by atoms with E-state index in [1.165, 1.54) is 0 Å². The molecule has 0 bridgehead atoms. The topological polar surface area (TPSA) is 43.4 Å². The van der Waals surface area contributed by atoms with Crippen molar-refractivity contribution in [3.05, 3.63) is 24.3 Å². The molecule has 0 amide bonds. The molecule has 1 aliphatic heterocycles. The molecule has 0 unspecified atom stereocenters. The van der Waals surface area contributed by atoms with E-state index in [4.69, 9.17) is 4.42 Å². The zero-order chi connectivity index (χ0) is 10.1. The quantitative estimate of drug-likeness (QED) is 0.699. The standard InChI is InChI=1S/C11H12N3O/c1-2-4-10-9(3-1)13-11(15-10)14-7-5-12-6-8-14/h1-4H,5-8H2. The summed E-state index contributed by atoms with van der Waals surface area (Å²) in [6, 6.07) is 8.57. The van der Waals surface area contributed by atoms with E-state index in [1.54, 1.807) is 0 Å². The zero-order valence-corrected chi connectivity index (χ0v) is 8.39. The lowest BCUT2D eigenvalue weighted by Crippen LogP contribution is -2.40. The molecule has 1 fully saturated rings.